The van der Waals surface area contributed by atoms with Crippen LogP contribution in [0, 0.1) is 6.92 Å². The van der Waals surface area contributed by atoms with Gasteiger partial charge in [0.1, 0.15) is 0 Å². The van der Waals surface area contributed by atoms with Crippen molar-refractivity contribution in [3.63, 3.8) is 0 Å². The lowest BCUT2D eigenvalue weighted by Crippen LogP contribution is -2.48. The summed E-state index contributed by atoms with van der Waals surface area (Å²) in [5.41, 5.74) is 2.86. The lowest BCUT2D eigenvalue weighted by Gasteiger charge is -2.39. The number of benzene rings is 1. The van der Waals surface area contributed by atoms with Crippen LogP contribution in [-0.2, 0) is 14.9 Å². The summed E-state index contributed by atoms with van der Waals surface area (Å²) in [6.45, 7) is 5.62. The van der Waals surface area contributed by atoms with E-state index in [2.05, 4.69) is 41.4 Å². The second-order valence-electron chi connectivity index (χ2n) is 7.69. The van der Waals surface area contributed by atoms with Gasteiger partial charge in [-0.15, -0.1) is 0 Å². The van der Waals surface area contributed by atoms with Crippen LogP contribution in [0.25, 0.3) is 0 Å². The molecule has 2 heterocycles. The highest BCUT2D eigenvalue weighted by Gasteiger charge is 2.42. The summed E-state index contributed by atoms with van der Waals surface area (Å²) in [6, 6.07) is 9.24. The highest BCUT2D eigenvalue weighted by Crippen LogP contribution is 2.37. The van der Waals surface area contributed by atoms with Gasteiger partial charge in [0.15, 0.2) is 0 Å². The van der Waals surface area contributed by atoms with Crippen LogP contribution in [0.2, 0.25) is 0 Å². The average molecular weight is 328 g/mol. The molecule has 0 aromatic heterocycles. The maximum absolute atomic E-state index is 12.6. The zero-order chi connectivity index (χ0) is 16.6. The number of carbonyl (C=O) groups is 1. The van der Waals surface area contributed by atoms with Gasteiger partial charge in [0.25, 0.3) is 0 Å². The van der Waals surface area contributed by atoms with E-state index in [9.17, 15) is 4.79 Å². The number of carbonyl (C=O) groups excluding carboxylic acids is 1. The molecular weight excluding hydrogens is 300 g/mol. The molecule has 3 aliphatic rings. The van der Waals surface area contributed by atoms with Crippen molar-refractivity contribution in [2.75, 3.05) is 26.3 Å². The molecule has 1 N–H and O–H groups in total. The maximum Gasteiger partial charge on any atom is 0.240 e. The predicted molar refractivity (Wildman–Crippen MR) is 94.1 cm³/mol. The molecule has 2 saturated heterocycles. The molecule has 0 bridgehead atoms. The van der Waals surface area contributed by atoms with Crippen LogP contribution in [-0.4, -0.2) is 49.2 Å². The van der Waals surface area contributed by atoms with Crippen molar-refractivity contribution in [1.29, 1.82) is 0 Å². The van der Waals surface area contributed by atoms with Crippen LogP contribution in [0.15, 0.2) is 24.3 Å². The van der Waals surface area contributed by atoms with E-state index in [1.54, 1.807) is 0 Å². The zero-order valence-electron chi connectivity index (χ0n) is 14.6. The number of hydrogen-bond acceptors (Lipinski definition) is 3. The summed E-state index contributed by atoms with van der Waals surface area (Å²) >= 11 is 0. The van der Waals surface area contributed by atoms with Gasteiger partial charge in [-0.25, -0.2) is 0 Å². The Morgan fingerprint density at radius 1 is 1.21 bits per heavy atom. The lowest BCUT2D eigenvalue weighted by atomic mass is 9.72. The Morgan fingerprint density at radius 2 is 1.96 bits per heavy atom. The second-order valence-corrected chi connectivity index (χ2v) is 7.69. The molecule has 1 saturated carbocycles. The van der Waals surface area contributed by atoms with Crippen LogP contribution >= 0.6 is 0 Å². The lowest BCUT2D eigenvalue weighted by molar-refractivity contribution is -0.130. The van der Waals surface area contributed by atoms with Crippen molar-refractivity contribution >= 4 is 5.91 Å². The molecule has 4 rings (SSSR count). The Hall–Kier alpha value is -1.39. The standard InChI is InChI=1S/C20H28N2O2/c1-15-4-2-3-5-17(15)20(9-12-24-13-10-20)14-21-18-8-11-22(19(18)23)16-6-7-16/h2-5,16,18,21H,6-14H2,1H3/t18-/m0/s1. The van der Waals surface area contributed by atoms with Gasteiger partial charge in [0.05, 0.1) is 6.04 Å². The molecule has 1 amide bonds. The fraction of sp³-hybridized carbons (Fsp3) is 0.650. The van der Waals surface area contributed by atoms with Gasteiger partial charge in [0.2, 0.25) is 5.91 Å². The van der Waals surface area contributed by atoms with Crippen molar-refractivity contribution in [3.8, 4) is 0 Å². The molecule has 0 unspecified atom stereocenters. The minimum atomic E-state index is 0.00865. The predicted octanol–water partition coefficient (Wildman–Crippen LogP) is 2.40. The Bertz CT molecular complexity index is 605. The van der Waals surface area contributed by atoms with Crippen LogP contribution in [0.3, 0.4) is 0 Å². The van der Waals surface area contributed by atoms with Crippen molar-refractivity contribution in [2.24, 2.45) is 0 Å². The van der Waals surface area contributed by atoms with Gasteiger partial charge in [-0.1, -0.05) is 24.3 Å². The van der Waals surface area contributed by atoms with Gasteiger partial charge in [-0.3, -0.25) is 4.79 Å². The SMILES string of the molecule is Cc1ccccc1C1(CN[C@H]2CCN(C3CC3)C2=O)CCOCC1. The molecule has 1 aliphatic carbocycles. The maximum atomic E-state index is 12.6. The number of rotatable bonds is 5. The molecular formula is C20H28N2O2. The van der Waals surface area contributed by atoms with Crippen LogP contribution < -0.4 is 5.32 Å². The van der Waals surface area contributed by atoms with Gasteiger partial charge in [-0.2, -0.15) is 0 Å². The smallest absolute Gasteiger partial charge is 0.240 e. The molecule has 3 fully saturated rings. The van der Waals surface area contributed by atoms with Crippen molar-refractivity contribution in [1.82, 2.24) is 10.2 Å². The Kier molecular flexibility index (Phi) is 4.35. The highest BCUT2D eigenvalue weighted by molar-refractivity contribution is 5.84. The molecule has 0 radical (unpaired) electrons. The molecule has 1 atom stereocenters. The van der Waals surface area contributed by atoms with E-state index < -0.39 is 0 Å². The third-order valence-corrected chi connectivity index (χ3v) is 6.08. The van der Waals surface area contributed by atoms with E-state index in [0.29, 0.717) is 11.9 Å². The summed E-state index contributed by atoms with van der Waals surface area (Å²) in [7, 11) is 0. The van der Waals surface area contributed by atoms with Crippen LogP contribution in [0.1, 0.15) is 43.2 Å². The van der Waals surface area contributed by atoms with E-state index in [0.717, 1.165) is 45.6 Å². The average Bonchev–Trinajstić information content (AvgIpc) is 3.38. The summed E-state index contributed by atoms with van der Waals surface area (Å²) < 4.78 is 5.63. The molecule has 1 aromatic rings. The number of ether oxygens (including phenoxy) is 1. The molecule has 130 valence electrons. The molecule has 4 heteroatoms. The molecule has 1 aromatic carbocycles. The summed E-state index contributed by atoms with van der Waals surface area (Å²) in [5, 5.41) is 3.63. The van der Waals surface area contributed by atoms with E-state index in [4.69, 9.17) is 4.74 Å². The number of hydrogen-bond donors (Lipinski definition) is 1. The first-order chi connectivity index (χ1) is 11.7. The number of aryl methyl sites for hydroxylation is 1. The fourth-order valence-corrected chi connectivity index (χ4v) is 4.43. The number of amides is 1. The number of nitrogens with zero attached hydrogens (tertiary/aromatic N) is 1. The van der Waals surface area contributed by atoms with E-state index in [-0.39, 0.29) is 11.5 Å². The van der Waals surface area contributed by atoms with Gasteiger partial charge in [-0.05, 0) is 50.2 Å². The first-order valence-electron chi connectivity index (χ1n) is 9.37. The van der Waals surface area contributed by atoms with E-state index >= 15 is 0 Å². The normalized spacial score (nSPS) is 26.8. The number of nitrogens with one attached hydrogen (secondary N) is 1. The summed E-state index contributed by atoms with van der Waals surface area (Å²) in [5.74, 6) is 0.324. The summed E-state index contributed by atoms with van der Waals surface area (Å²) in [6.07, 6.45) is 5.40. The van der Waals surface area contributed by atoms with Crippen molar-refractivity contribution in [3.05, 3.63) is 35.4 Å². The molecule has 0 spiro atoms. The van der Waals surface area contributed by atoms with E-state index in [1.165, 1.54) is 24.0 Å². The first kappa shape index (κ1) is 16.1. The minimum Gasteiger partial charge on any atom is -0.381 e. The first-order valence-corrected chi connectivity index (χ1v) is 9.37. The van der Waals surface area contributed by atoms with Crippen molar-refractivity contribution < 1.29 is 9.53 Å². The monoisotopic (exact) mass is 328 g/mol. The van der Waals surface area contributed by atoms with Crippen LogP contribution in [0.5, 0.6) is 0 Å². The second kappa shape index (κ2) is 6.49. The molecule has 2 aliphatic heterocycles. The highest BCUT2D eigenvalue weighted by atomic mass is 16.5. The van der Waals surface area contributed by atoms with Gasteiger partial charge < -0.3 is 15.0 Å². The van der Waals surface area contributed by atoms with Gasteiger partial charge in [0, 0.05) is 37.8 Å². The molecule has 4 nitrogen and oxygen atoms in total. The Morgan fingerprint density at radius 3 is 2.67 bits per heavy atom. The number of likely N-dealkylation sites (tertiary alicyclic amines) is 1. The minimum absolute atomic E-state index is 0.00865. The summed E-state index contributed by atoms with van der Waals surface area (Å²) in [4.78, 5) is 14.7. The Balaban J connectivity index is 1.49. The topological polar surface area (TPSA) is 41.6 Å². The van der Waals surface area contributed by atoms with E-state index in [1.807, 2.05) is 0 Å². The Labute approximate surface area is 144 Å². The van der Waals surface area contributed by atoms with Crippen LogP contribution in [0.4, 0.5) is 0 Å². The van der Waals surface area contributed by atoms with Gasteiger partial charge >= 0.3 is 0 Å². The third-order valence-electron chi connectivity index (χ3n) is 6.08. The quantitative estimate of drug-likeness (QED) is 0.902. The molecule has 24 heavy (non-hydrogen) atoms. The zero-order valence-corrected chi connectivity index (χ0v) is 14.6. The largest absolute Gasteiger partial charge is 0.381 e. The third kappa shape index (κ3) is 2.98. The van der Waals surface area contributed by atoms with Crippen molar-refractivity contribution in [2.45, 2.75) is 56.5 Å². The fourth-order valence-electron chi connectivity index (χ4n) is 4.43.